The van der Waals surface area contributed by atoms with Crippen LogP contribution >= 0.6 is 0 Å². The average molecular weight is 311 g/mol. The van der Waals surface area contributed by atoms with Crippen LogP contribution in [0.5, 0.6) is 5.75 Å². The van der Waals surface area contributed by atoms with E-state index in [1.165, 1.54) is 6.42 Å². The van der Waals surface area contributed by atoms with Gasteiger partial charge in [-0.1, -0.05) is 26.7 Å². The van der Waals surface area contributed by atoms with Crippen LogP contribution < -0.4 is 9.46 Å². The van der Waals surface area contributed by atoms with Crippen molar-refractivity contribution in [2.24, 2.45) is 11.8 Å². The fourth-order valence-electron chi connectivity index (χ4n) is 2.90. The molecule has 0 spiro atoms. The molecule has 21 heavy (non-hydrogen) atoms. The highest BCUT2D eigenvalue weighted by molar-refractivity contribution is 7.89. The topological polar surface area (TPSA) is 55.4 Å². The average Bonchev–Trinajstić information content (AvgIpc) is 2.45. The second-order valence-corrected chi connectivity index (χ2v) is 7.61. The van der Waals surface area contributed by atoms with Crippen LogP contribution in [0.1, 0.15) is 40.0 Å². The summed E-state index contributed by atoms with van der Waals surface area (Å²) in [4.78, 5) is 0.302. The summed E-state index contributed by atoms with van der Waals surface area (Å²) in [6.45, 7) is 6.80. The van der Waals surface area contributed by atoms with Gasteiger partial charge in [0.1, 0.15) is 5.75 Å². The van der Waals surface area contributed by atoms with Gasteiger partial charge in [-0.3, -0.25) is 0 Å². The van der Waals surface area contributed by atoms with Gasteiger partial charge < -0.3 is 4.74 Å². The number of sulfonamides is 1. The molecule has 0 unspecified atom stereocenters. The Kier molecular flexibility index (Phi) is 5.27. The Hall–Kier alpha value is -1.07. The lowest BCUT2D eigenvalue weighted by molar-refractivity contribution is 0.227. The van der Waals surface area contributed by atoms with Gasteiger partial charge in [-0.15, -0.1) is 0 Å². The molecule has 0 bridgehead atoms. The molecule has 0 amide bonds. The van der Waals surface area contributed by atoms with Crippen LogP contribution in [0.4, 0.5) is 0 Å². The fraction of sp³-hybridized carbons (Fsp3) is 0.625. The van der Waals surface area contributed by atoms with E-state index in [-0.39, 0.29) is 6.04 Å². The first-order chi connectivity index (χ1) is 9.94. The van der Waals surface area contributed by atoms with Crippen LogP contribution in [0.15, 0.2) is 29.2 Å². The molecule has 4 nitrogen and oxygen atoms in total. The minimum absolute atomic E-state index is 0.0327. The Morgan fingerprint density at radius 3 is 2.48 bits per heavy atom. The maximum atomic E-state index is 12.5. The van der Waals surface area contributed by atoms with Crippen LogP contribution in [0, 0.1) is 11.8 Å². The number of nitrogens with one attached hydrogen (secondary N) is 1. The summed E-state index contributed by atoms with van der Waals surface area (Å²) < 4.78 is 33.2. The van der Waals surface area contributed by atoms with Crippen molar-refractivity contribution in [2.75, 3.05) is 6.61 Å². The number of ether oxygens (including phenoxy) is 1. The van der Waals surface area contributed by atoms with E-state index in [9.17, 15) is 8.42 Å². The highest BCUT2D eigenvalue weighted by Crippen LogP contribution is 2.30. The van der Waals surface area contributed by atoms with Gasteiger partial charge in [0.15, 0.2) is 0 Å². The van der Waals surface area contributed by atoms with E-state index in [1.54, 1.807) is 24.3 Å². The molecule has 1 aromatic carbocycles. The van der Waals surface area contributed by atoms with Crippen molar-refractivity contribution in [3.63, 3.8) is 0 Å². The van der Waals surface area contributed by atoms with Gasteiger partial charge >= 0.3 is 0 Å². The van der Waals surface area contributed by atoms with Crippen LogP contribution in [0.3, 0.4) is 0 Å². The molecule has 2 rings (SSSR count). The van der Waals surface area contributed by atoms with E-state index in [2.05, 4.69) is 18.6 Å². The predicted octanol–water partition coefficient (Wildman–Crippen LogP) is 3.19. The van der Waals surface area contributed by atoms with Crippen molar-refractivity contribution in [2.45, 2.75) is 51.0 Å². The molecule has 5 heteroatoms. The van der Waals surface area contributed by atoms with E-state index in [0.29, 0.717) is 29.1 Å². The third-order valence-electron chi connectivity index (χ3n) is 4.46. The molecule has 1 aromatic rings. The molecule has 1 aliphatic rings. The van der Waals surface area contributed by atoms with Crippen LogP contribution in [0.25, 0.3) is 0 Å². The van der Waals surface area contributed by atoms with Crippen LogP contribution in [-0.4, -0.2) is 21.1 Å². The van der Waals surface area contributed by atoms with Gasteiger partial charge in [-0.25, -0.2) is 13.1 Å². The van der Waals surface area contributed by atoms with Gasteiger partial charge in [0.2, 0.25) is 10.0 Å². The highest BCUT2D eigenvalue weighted by Gasteiger charge is 2.30. The quantitative estimate of drug-likeness (QED) is 0.908. The van der Waals surface area contributed by atoms with Crippen molar-refractivity contribution in [3.8, 4) is 5.75 Å². The zero-order valence-corrected chi connectivity index (χ0v) is 13.8. The highest BCUT2D eigenvalue weighted by atomic mass is 32.2. The van der Waals surface area contributed by atoms with E-state index in [1.807, 2.05) is 6.92 Å². The lowest BCUT2D eigenvalue weighted by Crippen LogP contribution is -2.43. The molecule has 1 fully saturated rings. The Morgan fingerprint density at radius 2 is 1.86 bits per heavy atom. The summed E-state index contributed by atoms with van der Waals surface area (Å²) in [6, 6.07) is 6.63. The Labute approximate surface area is 127 Å². The lowest BCUT2D eigenvalue weighted by Gasteiger charge is -2.34. The summed E-state index contributed by atoms with van der Waals surface area (Å²) in [5, 5.41) is 0. The molecule has 0 aliphatic heterocycles. The van der Waals surface area contributed by atoms with Gasteiger partial charge in [-0.05, 0) is 49.4 Å². The van der Waals surface area contributed by atoms with E-state index in [4.69, 9.17) is 4.74 Å². The third-order valence-corrected chi connectivity index (χ3v) is 5.96. The number of benzene rings is 1. The van der Waals surface area contributed by atoms with E-state index < -0.39 is 10.0 Å². The van der Waals surface area contributed by atoms with Crippen molar-refractivity contribution >= 4 is 10.0 Å². The third kappa shape index (κ3) is 3.98. The van der Waals surface area contributed by atoms with Crippen molar-refractivity contribution in [3.05, 3.63) is 24.3 Å². The number of rotatable bonds is 5. The Bertz CT molecular complexity index is 553. The fourth-order valence-corrected chi connectivity index (χ4v) is 4.26. The first kappa shape index (κ1) is 16.3. The Balaban J connectivity index is 2.10. The maximum absolute atomic E-state index is 12.5. The lowest BCUT2D eigenvalue weighted by atomic mass is 9.78. The summed E-state index contributed by atoms with van der Waals surface area (Å²) in [5.74, 6) is 1.62. The molecule has 1 N–H and O–H groups in total. The summed E-state index contributed by atoms with van der Waals surface area (Å²) in [7, 11) is -3.45. The summed E-state index contributed by atoms with van der Waals surface area (Å²) in [5.41, 5.74) is 0. The van der Waals surface area contributed by atoms with Crippen LogP contribution in [-0.2, 0) is 10.0 Å². The largest absolute Gasteiger partial charge is 0.494 e. The second kappa shape index (κ2) is 6.79. The zero-order chi connectivity index (χ0) is 15.5. The maximum Gasteiger partial charge on any atom is 0.240 e. The van der Waals surface area contributed by atoms with Crippen molar-refractivity contribution in [1.82, 2.24) is 4.72 Å². The molecule has 0 saturated heterocycles. The van der Waals surface area contributed by atoms with Gasteiger partial charge in [0.05, 0.1) is 11.5 Å². The predicted molar refractivity (Wildman–Crippen MR) is 83.9 cm³/mol. The molecular formula is C16H25NO3S. The van der Waals surface area contributed by atoms with Crippen molar-refractivity contribution in [1.29, 1.82) is 0 Å². The van der Waals surface area contributed by atoms with E-state index in [0.717, 1.165) is 12.8 Å². The minimum Gasteiger partial charge on any atom is -0.494 e. The molecule has 0 aromatic heterocycles. The minimum atomic E-state index is -3.45. The first-order valence-electron chi connectivity index (χ1n) is 7.69. The second-order valence-electron chi connectivity index (χ2n) is 5.90. The standard InChI is InChI=1S/C16H25NO3S/c1-4-20-14-8-10-15(11-9-14)21(18,19)17-16-7-5-6-12(2)13(16)3/h8-13,16-17H,4-7H2,1-3H3/t12-,13+,16-/m1/s1. The van der Waals surface area contributed by atoms with Crippen LogP contribution in [0.2, 0.25) is 0 Å². The molecule has 3 atom stereocenters. The molecule has 0 radical (unpaired) electrons. The molecule has 1 aliphatic carbocycles. The molecular weight excluding hydrogens is 286 g/mol. The smallest absolute Gasteiger partial charge is 0.240 e. The molecule has 0 heterocycles. The normalized spacial score (nSPS) is 26.5. The Morgan fingerprint density at radius 1 is 1.19 bits per heavy atom. The summed E-state index contributed by atoms with van der Waals surface area (Å²) >= 11 is 0. The number of hydrogen-bond donors (Lipinski definition) is 1. The molecule has 118 valence electrons. The van der Waals surface area contributed by atoms with Gasteiger partial charge in [-0.2, -0.15) is 0 Å². The molecule has 1 saturated carbocycles. The van der Waals surface area contributed by atoms with Gasteiger partial charge in [0.25, 0.3) is 0 Å². The first-order valence-corrected chi connectivity index (χ1v) is 9.17. The monoisotopic (exact) mass is 311 g/mol. The summed E-state index contributed by atoms with van der Waals surface area (Å²) in [6.07, 6.45) is 3.19. The van der Waals surface area contributed by atoms with Gasteiger partial charge in [0, 0.05) is 6.04 Å². The zero-order valence-electron chi connectivity index (χ0n) is 13.0. The van der Waals surface area contributed by atoms with E-state index >= 15 is 0 Å². The SMILES string of the molecule is CCOc1ccc(S(=O)(=O)N[C@@H]2CCC[C@@H](C)[C@@H]2C)cc1. The number of hydrogen-bond acceptors (Lipinski definition) is 3. The van der Waals surface area contributed by atoms with Crippen molar-refractivity contribution < 1.29 is 13.2 Å².